The average Bonchev–Trinajstić information content (AvgIpc) is 2.47. The fraction of sp³-hybridized carbons (Fsp3) is 0.500. The second-order valence-electron chi connectivity index (χ2n) is 4.97. The zero-order valence-corrected chi connectivity index (χ0v) is 14.0. The van der Waals surface area contributed by atoms with E-state index in [1.807, 2.05) is 20.8 Å². The molecule has 21 heavy (non-hydrogen) atoms. The second-order valence-corrected chi connectivity index (χ2v) is 6.97. The molecule has 0 bridgehead atoms. The minimum Gasteiger partial charge on any atom is -0.320 e. The molecule has 0 saturated heterocycles. The van der Waals surface area contributed by atoms with Crippen LogP contribution in [0.3, 0.4) is 0 Å². The molecule has 0 radical (unpaired) electrons. The van der Waals surface area contributed by atoms with Crippen molar-refractivity contribution in [3.63, 3.8) is 0 Å². The number of aryl methyl sites for hydroxylation is 1. The van der Waals surface area contributed by atoms with Gasteiger partial charge in [-0.2, -0.15) is 4.31 Å². The van der Waals surface area contributed by atoms with E-state index in [1.165, 1.54) is 4.31 Å². The Bertz CT molecular complexity index is 638. The zero-order chi connectivity index (χ0) is 16.0. The molecule has 0 aliphatic heterocycles. The van der Waals surface area contributed by atoms with Crippen molar-refractivity contribution in [2.75, 3.05) is 13.6 Å². The molecule has 0 atom stereocenters. The molecule has 0 spiro atoms. The van der Waals surface area contributed by atoms with Crippen LogP contribution in [0, 0.1) is 18.8 Å². The lowest BCUT2D eigenvalue weighted by atomic mass is 10.1. The third-order valence-electron chi connectivity index (χ3n) is 3.66. The van der Waals surface area contributed by atoms with E-state index in [0.717, 1.165) is 24.0 Å². The van der Waals surface area contributed by atoms with Crippen molar-refractivity contribution >= 4 is 10.0 Å². The molecule has 0 unspecified atom stereocenters. The minimum atomic E-state index is -3.46. The van der Waals surface area contributed by atoms with Crippen molar-refractivity contribution < 1.29 is 8.42 Å². The summed E-state index contributed by atoms with van der Waals surface area (Å²) in [6.45, 7) is 6.14. The van der Waals surface area contributed by atoms with Crippen LogP contribution in [0.15, 0.2) is 23.1 Å². The van der Waals surface area contributed by atoms with Gasteiger partial charge in [0.05, 0.1) is 11.4 Å². The fourth-order valence-electron chi connectivity index (χ4n) is 2.25. The van der Waals surface area contributed by atoms with Crippen molar-refractivity contribution in [3.05, 3.63) is 29.3 Å². The van der Waals surface area contributed by atoms with Crippen molar-refractivity contribution in [1.82, 2.24) is 4.31 Å². The van der Waals surface area contributed by atoms with Gasteiger partial charge < -0.3 is 5.73 Å². The van der Waals surface area contributed by atoms with E-state index in [9.17, 15) is 8.42 Å². The first-order valence-electron chi connectivity index (χ1n) is 7.16. The summed E-state index contributed by atoms with van der Waals surface area (Å²) in [5.74, 6) is 5.72. The van der Waals surface area contributed by atoms with E-state index >= 15 is 0 Å². The Morgan fingerprint density at radius 3 is 2.38 bits per heavy atom. The van der Waals surface area contributed by atoms with Gasteiger partial charge in [0.1, 0.15) is 0 Å². The van der Waals surface area contributed by atoms with Gasteiger partial charge in [0.15, 0.2) is 0 Å². The quantitative estimate of drug-likeness (QED) is 0.847. The number of hydrogen-bond acceptors (Lipinski definition) is 3. The molecule has 1 rings (SSSR count). The van der Waals surface area contributed by atoms with E-state index in [0.29, 0.717) is 4.90 Å². The van der Waals surface area contributed by atoms with E-state index in [4.69, 9.17) is 5.73 Å². The smallest absolute Gasteiger partial charge is 0.243 e. The van der Waals surface area contributed by atoms with Gasteiger partial charge in [-0.25, -0.2) is 8.42 Å². The average molecular weight is 308 g/mol. The Morgan fingerprint density at radius 1 is 1.29 bits per heavy atom. The minimum absolute atomic E-state index is 0.0204. The molecule has 2 N–H and O–H groups in total. The first kappa shape index (κ1) is 17.7. The molecule has 5 heteroatoms. The lowest BCUT2D eigenvalue weighted by Gasteiger charge is -2.25. The third-order valence-corrected chi connectivity index (χ3v) is 5.56. The predicted octanol–water partition coefficient (Wildman–Crippen LogP) is 2.11. The SMILES string of the molecule is CCC(CC)N(C)S(=O)(=O)c1ccc(C#CCN)c(C)c1. The summed E-state index contributed by atoms with van der Waals surface area (Å²) in [5, 5.41) is 0. The van der Waals surface area contributed by atoms with Crippen molar-refractivity contribution in [2.45, 2.75) is 44.6 Å². The van der Waals surface area contributed by atoms with Crippen LogP contribution < -0.4 is 5.73 Å². The van der Waals surface area contributed by atoms with Gasteiger partial charge in [0, 0.05) is 18.7 Å². The summed E-state index contributed by atoms with van der Waals surface area (Å²) in [6, 6.07) is 5.05. The predicted molar refractivity (Wildman–Crippen MR) is 86.4 cm³/mol. The first-order chi connectivity index (χ1) is 9.88. The summed E-state index contributed by atoms with van der Waals surface area (Å²) in [7, 11) is -1.82. The van der Waals surface area contributed by atoms with Gasteiger partial charge in [0.2, 0.25) is 10.0 Å². The van der Waals surface area contributed by atoms with Gasteiger partial charge in [-0.3, -0.25) is 0 Å². The summed E-state index contributed by atoms with van der Waals surface area (Å²) in [4.78, 5) is 0.313. The Kier molecular flexibility index (Phi) is 6.41. The van der Waals surface area contributed by atoms with Crippen LogP contribution in [0.1, 0.15) is 37.8 Å². The molecule has 4 nitrogen and oxygen atoms in total. The highest BCUT2D eigenvalue weighted by Gasteiger charge is 2.26. The van der Waals surface area contributed by atoms with Crippen LogP contribution in [0.25, 0.3) is 0 Å². The van der Waals surface area contributed by atoms with E-state index in [1.54, 1.807) is 25.2 Å². The Labute approximate surface area is 128 Å². The van der Waals surface area contributed by atoms with Gasteiger partial charge in [0.25, 0.3) is 0 Å². The lowest BCUT2D eigenvalue weighted by molar-refractivity contribution is 0.349. The van der Waals surface area contributed by atoms with Crippen molar-refractivity contribution in [1.29, 1.82) is 0 Å². The number of rotatable bonds is 5. The molecule has 1 aromatic rings. The highest BCUT2D eigenvalue weighted by atomic mass is 32.2. The maximum absolute atomic E-state index is 12.6. The zero-order valence-electron chi connectivity index (χ0n) is 13.2. The number of hydrogen-bond donors (Lipinski definition) is 1. The van der Waals surface area contributed by atoms with Crippen molar-refractivity contribution in [3.8, 4) is 11.8 Å². The standard InChI is InChI=1S/C16H24N2O2S/c1-5-15(6-2)18(4)21(19,20)16-10-9-14(8-7-11-17)13(3)12-16/h9-10,12,15H,5-6,11,17H2,1-4H3. The fourth-order valence-corrected chi connectivity index (χ4v) is 3.84. The highest BCUT2D eigenvalue weighted by molar-refractivity contribution is 7.89. The number of benzene rings is 1. The molecular weight excluding hydrogens is 284 g/mol. The number of nitrogens with two attached hydrogens (primary N) is 1. The maximum atomic E-state index is 12.6. The summed E-state index contributed by atoms with van der Waals surface area (Å²) in [5.41, 5.74) is 7.01. The Morgan fingerprint density at radius 2 is 1.90 bits per heavy atom. The molecule has 0 saturated carbocycles. The van der Waals surface area contributed by atoms with Gasteiger partial charge in [-0.1, -0.05) is 25.7 Å². The topological polar surface area (TPSA) is 63.4 Å². The van der Waals surface area contributed by atoms with Crippen LogP contribution in [-0.2, 0) is 10.0 Å². The van der Waals surface area contributed by atoms with Crippen LogP contribution in [-0.4, -0.2) is 32.4 Å². The number of nitrogens with zero attached hydrogens (tertiary/aromatic N) is 1. The number of sulfonamides is 1. The maximum Gasteiger partial charge on any atom is 0.243 e. The summed E-state index contributed by atoms with van der Waals surface area (Å²) < 4.78 is 26.7. The molecular formula is C16H24N2O2S. The second kappa shape index (κ2) is 7.60. The molecule has 116 valence electrons. The Hall–Kier alpha value is -1.35. The van der Waals surface area contributed by atoms with Crippen LogP contribution in [0.4, 0.5) is 0 Å². The molecule has 0 aromatic heterocycles. The summed E-state index contributed by atoms with van der Waals surface area (Å²) >= 11 is 0. The van der Waals surface area contributed by atoms with Crippen LogP contribution in [0.2, 0.25) is 0 Å². The molecule has 0 aliphatic rings. The van der Waals surface area contributed by atoms with Crippen LogP contribution >= 0.6 is 0 Å². The largest absolute Gasteiger partial charge is 0.320 e. The lowest BCUT2D eigenvalue weighted by Crippen LogP contribution is -2.36. The van der Waals surface area contributed by atoms with Crippen LogP contribution in [0.5, 0.6) is 0 Å². The molecule has 0 heterocycles. The first-order valence-corrected chi connectivity index (χ1v) is 8.60. The molecule has 0 aliphatic carbocycles. The molecule has 1 aromatic carbocycles. The van der Waals surface area contributed by atoms with Gasteiger partial charge >= 0.3 is 0 Å². The Balaban J connectivity index is 3.18. The molecule has 0 fully saturated rings. The van der Waals surface area contributed by atoms with E-state index < -0.39 is 10.0 Å². The highest BCUT2D eigenvalue weighted by Crippen LogP contribution is 2.21. The summed E-state index contributed by atoms with van der Waals surface area (Å²) in [6.07, 6.45) is 1.59. The van der Waals surface area contributed by atoms with Gasteiger partial charge in [-0.15, -0.1) is 0 Å². The monoisotopic (exact) mass is 308 g/mol. The van der Waals surface area contributed by atoms with E-state index in [2.05, 4.69) is 11.8 Å². The van der Waals surface area contributed by atoms with E-state index in [-0.39, 0.29) is 12.6 Å². The van der Waals surface area contributed by atoms with Crippen molar-refractivity contribution in [2.24, 2.45) is 5.73 Å². The third kappa shape index (κ3) is 4.07. The normalized spacial score (nSPS) is 11.6. The molecule has 0 amide bonds. The van der Waals surface area contributed by atoms with Gasteiger partial charge in [-0.05, 0) is 43.5 Å².